The fraction of sp³-hybridized carbons (Fsp3) is 0.562. The Morgan fingerprint density at radius 1 is 1.20 bits per heavy atom. The molecule has 1 atom stereocenters. The van der Waals surface area contributed by atoms with E-state index in [0.717, 1.165) is 12.2 Å². The molecule has 0 fully saturated rings. The van der Waals surface area contributed by atoms with Crippen LogP contribution in [0.15, 0.2) is 24.3 Å². The molecule has 112 valence electrons. The topological polar surface area (TPSA) is 38.3 Å². The van der Waals surface area contributed by atoms with E-state index < -0.39 is 0 Å². The third-order valence-electron chi connectivity index (χ3n) is 2.77. The SMILES string of the molecule is CC(C)CC(CCl)NC(=O)c1ccc(OC(C)C)cc1. The molecule has 3 nitrogen and oxygen atoms in total. The molecular weight excluding hydrogens is 274 g/mol. The molecule has 0 saturated heterocycles. The van der Waals surface area contributed by atoms with Crippen LogP contribution in [0.1, 0.15) is 44.5 Å². The summed E-state index contributed by atoms with van der Waals surface area (Å²) in [6, 6.07) is 7.18. The van der Waals surface area contributed by atoms with Crippen LogP contribution < -0.4 is 10.1 Å². The molecular formula is C16H24ClNO2. The van der Waals surface area contributed by atoms with Crippen molar-refractivity contribution in [1.29, 1.82) is 0 Å². The number of ether oxygens (including phenoxy) is 1. The van der Waals surface area contributed by atoms with E-state index >= 15 is 0 Å². The molecule has 0 saturated carbocycles. The van der Waals surface area contributed by atoms with Crippen molar-refractivity contribution >= 4 is 17.5 Å². The quantitative estimate of drug-likeness (QED) is 0.776. The van der Waals surface area contributed by atoms with Crippen molar-refractivity contribution in [3.05, 3.63) is 29.8 Å². The van der Waals surface area contributed by atoms with Crippen molar-refractivity contribution in [3.63, 3.8) is 0 Å². The number of alkyl halides is 1. The van der Waals surface area contributed by atoms with Crippen LogP contribution in [0.4, 0.5) is 0 Å². The van der Waals surface area contributed by atoms with E-state index in [-0.39, 0.29) is 18.1 Å². The molecule has 0 bridgehead atoms. The lowest BCUT2D eigenvalue weighted by Gasteiger charge is -2.18. The van der Waals surface area contributed by atoms with Gasteiger partial charge in [-0.2, -0.15) is 0 Å². The summed E-state index contributed by atoms with van der Waals surface area (Å²) < 4.78 is 5.55. The summed E-state index contributed by atoms with van der Waals surface area (Å²) in [5.74, 6) is 1.61. The standard InChI is InChI=1S/C16H24ClNO2/c1-11(2)9-14(10-17)18-16(19)13-5-7-15(8-6-13)20-12(3)4/h5-8,11-12,14H,9-10H2,1-4H3,(H,18,19). The van der Waals surface area contributed by atoms with Crippen LogP contribution in [0.3, 0.4) is 0 Å². The molecule has 4 heteroatoms. The molecule has 1 aromatic rings. The minimum atomic E-state index is -0.0904. The molecule has 1 amide bonds. The maximum absolute atomic E-state index is 12.1. The average Bonchev–Trinajstić information content (AvgIpc) is 2.37. The number of hydrogen-bond donors (Lipinski definition) is 1. The summed E-state index contributed by atoms with van der Waals surface area (Å²) in [7, 11) is 0. The minimum absolute atomic E-state index is 0.00996. The van der Waals surface area contributed by atoms with Crippen LogP contribution in [0.25, 0.3) is 0 Å². The molecule has 1 N–H and O–H groups in total. The maximum atomic E-state index is 12.1. The lowest BCUT2D eigenvalue weighted by Crippen LogP contribution is -2.37. The van der Waals surface area contributed by atoms with E-state index in [1.165, 1.54) is 0 Å². The zero-order valence-corrected chi connectivity index (χ0v) is 13.4. The molecule has 0 aliphatic heterocycles. The van der Waals surface area contributed by atoms with Gasteiger partial charge in [0.2, 0.25) is 0 Å². The van der Waals surface area contributed by atoms with E-state index in [2.05, 4.69) is 19.2 Å². The van der Waals surface area contributed by atoms with Gasteiger partial charge < -0.3 is 10.1 Å². The van der Waals surface area contributed by atoms with E-state index in [1.807, 2.05) is 26.0 Å². The van der Waals surface area contributed by atoms with Crippen LogP contribution >= 0.6 is 11.6 Å². The molecule has 1 rings (SSSR count). The fourth-order valence-corrected chi connectivity index (χ4v) is 2.16. The van der Waals surface area contributed by atoms with Crippen molar-refractivity contribution in [2.75, 3.05) is 5.88 Å². The van der Waals surface area contributed by atoms with Crippen molar-refractivity contribution in [1.82, 2.24) is 5.32 Å². The highest BCUT2D eigenvalue weighted by molar-refractivity contribution is 6.18. The smallest absolute Gasteiger partial charge is 0.251 e. The average molecular weight is 298 g/mol. The summed E-state index contributed by atoms with van der Waals surface area (Å²) in [5, 5.41) is 2.96. The van der Waals surface area contributed by atoms with Crippen molar-refractivity contribution in [3.8, 4) is 5.75 Å². The summed E-state index contributed by atoms with van der Waals surface area (Å²) in [4.78, 5) is 12.1. The second kappa shape index (κ2) is 8.15. The number of amides is 1. The third-order valence-corrected chi connectivity index (χ3v) is 3.14. The number of carbonyl (C=O) groups is 1. The van der Waals surface area contributed by atoms with Gasteiger partial charge in [0.1, 0.15) is 5.75 Å². The van der Waals surface area contributed by atoms with Crippen molar-refractivity contribution < 1.29 is 9.53 Å². The van der Waals surface area contributed by atoms with Crippen molar-refractivity contribution in [2.24, 2.45) is 5.92 Å². The van der Waals surface area contributed by atoms with Crippen molar-refractivity contribution in [2.45, 2.75) is 46.3 Å². The largest absolute Gasteiger partial charge is 0.491 e. The molecule has 1 aromatic carbocycles. The predicted octanol–water partition coefficient (Wildman–Crippen LogP) is 3.86. The summed E-state index contributed by atoms with van der Waals surface area (Å²) in [5.41, 5.74) is 0.625. The Hall–Kier alpha value is -1.22. The summed E-state index contributed by atoms with van der Waals surface area (Å²) >= 11 is 5.89. The Balaban J connectivity index is 2.62. The van der Waals surface area contributed by atoms with Gasteiger partial charge >= 0.3 is 0 Å². The Labute approximate surface area is 126 Å². The molecule has 0 aliphatic rings. The van der Waals surface area contributed by atoms with Gasteiger partial charge in [0, 0.05) is 17.5 Å². The highest BCUT2D eigenvalue weighted by atomic mass is 35.5. The zero-order valence-electron chi connectivity index (χ0n) is 12.7. The molecule has 0 spiro atoms. The van der Waals surface area contributed by atoms with E-state index in [0.29, 0.717) is 17.4 Å². The fourth-order valence-electron chi connectivity index (χ4n) is 1.96. The summed E-state index contributed by atoms with van der Waals surface area (Å²) in [6.45, 7) is 8.17. The highest BCUT2D eigenvalue weighted by Crippen LogP contribution is 2.14. The minimum Gasteiger partial charge on any atom is -0.491 e. The van der Waals surface area contributed by atoms with Crippen LogP contribution in [0, 0.1) is 5.92 Å². The van der Waals surface area contributed by atoms with Gasteiger partial charge in [-0.25, -0.2) is 0 Å². The van der Waals surface area contributed by atoms with Gasteiger partial charge in [0.15, 0.2) is 0 Å². The lowest BCUT2D eigenvalue weighted by molar-refractivity contribution is 0.0936. The van der Waals surface area contributed by atoms with Crippen LogP contribution in [0.5, 0.6) is 5.75 Å². The van der Waals surface area contributed by atoms with E-state index in [9.17, 15) is 4.79 Å². The molecule has 0 heterocycles. The van der Waals surface area contributed by atoms with Crippen LogP contribution in [-0.4, -0.2) is 23.9 Å². The Morgan fingerprint density at radius 2 is 1.80 bits per heavy atom. The first kappa shape index (κ1) is 16.8. The lowest BCUT2D eigenvalue weighted by atomic mass is 10.0. The van der Waals surface area contributed by atoms with Crippen LogP contribution in [0.2, 0.25) is 0 Å². The predicted molar refractivity (Wildman–Crippen MR) is 83.6 cm³/mol. The van der Waals surface area contributed by atoms with Crippen LogP contribution in [-0.2, 0) is 0 Å². The van der Waals surface area contributed by atoms with Gasteiger partial charge in [-0.3, -0.25) is 4.79 Å². The first-order chi connectivity index (χ1) is 9.42. The number of benzene rings is 1. The number of carbonyl (C=O) groups excluding carboxylic acids is 1. The molecule has 1 unspecified atom stereocenters. The molecule has 0 aliphatic carbocycles. The number of rotatable bonds is 7. The zero-order chi connectivity index (χ0) is 15.1. The molecule has 0 aromatic heterocycles. The first-order valence-electron chi connectivity index (χ1n) is 7.06. The molecule has 20 heavy (non-hydrogen) atoms. The molecule has 0 radical (unpaired) electrons. The van der Waals surface area contributed by atoms with Gasteiger partial charge in [0.05, 0.1) is 6.10 Å². The normalized spacial score (nSPS) is 12.6. The monoisotopic (exact) mass is 297 g/mol. The van der Waals surface area contributed by atoms with E-state index in [4.69, 9.17) is 16.3 Å². The van der Waals surface area contributed by atoms with Gasteiger partial charge in [-0.15, -0.1) is 11.6 Å². The summed E-state index contributed by atoms with van der Waals surface area (Å²) in [6.07, 6.45) is 1.01. The number of hydrogen-bond acceptors (Lipinski definition) is 2. The Bertz CT molecular complexity index is 415. The second-order valence-corrected chi connectivity index (χ2v) is 5.95. The van der Waals surface area contributed by atoms with E-state index in [1.54, 1.807) is 12.1 Å². The first-order valence-corrected chi connectivity index (χ1v) is 7.59. The van der Waals surface area contributed by atoms with Gasteiger partial charge in [-0.1, -0.05) is 13.8 Å². The number of nitrogens with one attached hydrogen (secondary N) is 1. The Kier molecular flexibility index (Phi) is 6.86. The highest BCUT2D eigenvalue weighted by Gasteiger charge is 2.14. The maximum Gasteiger partial charge on any atom is 0.251 e. The van der Waals surface area contributed by atoms with Gasteiger partial charge in [0.25, 0.3) is 5.91 Å². The number of halogens is 1. The Morgan fingerprint density at radius 3 is 2.25 bits per heavy atom. The second-order valence-electron chi connectivity index (χ2n) is 5.65. The third kappa shape index (κ3) is 5.83. The van der Waals surface area contributed by atoms with Gasteiger partial charge in [-0.05, 0) is 50.5 Å².